The number of benzene rings is 1. The summed E-state index contributed by atoms with van der Waals surface area (Å²) in [6.45, 7) is 1.85. The molecule has 1 aromatic heterocycles. The topological polar surface area (TPSA) is 83.0 Å². The molecule has 0 aliphatic heterocycles. The second-order valence-electron chi connectivity index (χ2n) is 4.04. The molecule has 0 saturated heterocycles. The highest BCUT2D eigenvalue weighted by Gasteiger charge is 2.14. The summed E-state index contributed by atoms with van der Waals surface area (Å²) in [7, 11) is 1.80. The van der Waals surface area contributed by atoms with Gasteiger partial charge in [-0.15, -0.1) is 10.2 Å². The Hall–Kier alpha value is -2.08. The van der Waals surface area contributed by atoms with Crippen LogP contribution in [0.15, 0.2) is 18.2 Å². The molecule has 2 rings (SSSR count). The van der Waals surface area contributed by atoms with Crippen LogP contribution < -0.4 is 5.73 Å². The minimum absolute atomic E-state index is 0.0386. The lowest BCUT2D eigenvalue weighted by Crippen LogP contribution is -2.09. The number of carbonyl (C=O) groups excluding carboxylic acids is 1. The van der Waals surface area contributed by atoms with E-state index >= 15 is 0 Å². The molecule has 2 N–H and O–H groups in total. The molecule has 19 heavy (non-hydrogen) atoms. The van der Waals surface area contributed by atoms with Gasteiger partial charge in [0.25, 0.3) is 0 Å². The predicted molar refractivity (Wildman–Crippen MR) is 70.7 cm³/mol. The molecular weight excluding hydrogens is 268 g/mol. The summed E-state index contributed by atoms with van der Waals surface area (Å²) in [6, 6.07) is 4.63. The molecule has 7 heteroatoms. The maximum absolute atomic E-state index is 11.9. The summed E-state index contributed by atoms with van der Waals surface area (Å²) in [4.78, 5) is 11.9. The quantitative estimate of drug-likeness (QED) is 0.684. The van der Waals surface area contributed by atoms with Crippen molar-refractivity contribution in [3.8, 4) is 0 Å². The average molecular weight is 281 g/mol. The van der Waals surface area contributed by atoms with E-state index in [1.165, 1.54) is 12.1 Å². The van der Waals surface area contributed by atoms with Crippen molar-refractivity contribution in [2.24, 2.45) is 7.05 Å². The lowest BCUT2D eigenvalue weighted by Gasteiger charge is -2.06. The maximum atomic E-state index is 11.9. The van der Waals surface area contributed by atoms with Crippen molar-refractivity contribution in [2.75, 3.05) is 5.73 Å². The van der Waals surface area contributed by atoms with E-state index in [0.717, 1.165) is 5.82 Å². The van der Waals surface area contributed by atoms with Crippen molar-refractivity contribution in [2.45, 2.75) is 13.5 Å². The zero-order valence-electron chi connectivity index (χ0n) is 10.6. The van der Waals surface area contributed by atoms with Crippen LogP contribution in [-0.2, 0) is 18.4 Å². The highest BCUT2D eigenvalue weighted by Crippen LogP contribution is 2.20. The number of nitrogens with two attached hydrogens (primary N) is 1. The SMILES string of the molecule is Cc1nnc(COC(=O)c2ccc(N)cc2Cl)n1C. The predicted octanol–water partition coefficient (Wildman–Crippen LogP) is 1.72. The summed E-state index contributed by atoms with van der Waals surface area (Å²) in [5, 5.41) is 8.04. The zero-order valence-corrected chi connectivity index (χ0v) is 11.3. The molecule has 100 valence electrons. The van der Waals surface area contributed by atoms with Gasteiger partial charge in [0.1, 0.15) is 5.82 Å². The molecule has 0 bridgehead atoms. The number of anilines is 1. The van der Waals surface area contributed by atoms with Gasteiger partial charge >= 0.3 is 5.97 Å². The number of carbonyl (C=O) groups is 1. The van der Waals surface area contributed by atoms with Crippen LogP contribution in [0.4, 0.5) is 5.69 Å². The molecule has 0 radical (unpaired) electrons. The van der Waals surface area contributed by atoms with Crippen molar-refractivity contribution in [3.63, 3.8) is 0 Å². The van der Waals surface area contributed by atoms with E-state index in [9.17, 15) is 4.79 Å². The van der Waals surface area contributed by atoms with Crippen LogP contribution in [0.1, 0.15) is 22.0 Å². The number of aryl methyl sites for hydroxylation is 1. The van der Waals surface area contributed by atoms with Gasteiger partial charge < -0.3 is 15.0 Å². The fourth-order valence-electron chi connectivity index (χ4n) is 1.48. The lowest BCUT2D eigenvalue weighted by atomic mass is 10.2. The van der Waals surface area contributed by atoms with E-state index in [2.05, 4.69) is 10.2 Å². The van der Waals surface area contributed by atoms with Crippen LogP contribution in [0.25, 0.3) is 0 Å². The van der Waals surface area contributed by atoms with Gasteiger partial charge in [0.15, 0.2) is 12.4 Å². The van der Waals surface area contributed by atoms with Crippen molar-refractivity contribution < 1.29 is 9.53 Å². The van der Waals surface area contributed by atoms with Crippen molar-refractivity contribution in [1.29, 1.82) is 0 Å². The number of nitrogen functional groups attached to an aromatic ring is 1. The minimum Gasteiger partial charge on any atom is -0.454 e. The number of nitrogens with zero attached hydrogens (tertiary/aromatic N) is 3. The number of esters is 1. The van der Waals surface area contributed by atoms with Gasteiger partial charge in [0.05, 0.1) is 10.6 Å². The molecule has 1 aromatic carbocycles. The summed E-state index contributed by atoms with van der Waals surface area (Å²) in [6.07, 6.45) is 0. The van der Waals surface area contributed by atoms with E-state index in [1.807, 2.05) is 6.92 Å². The molecule has 6 nitrogen and oxygen atoms in total. The van der Waals surface area contributed by atoms with E-state index in [1.54, 1.807) is 17.7 Å². The number of ether oxygens (including phenoxy) is 1. The molecule has 0 atom stereocenters. The fraction of sp³-hybridized carbons (Fsp3) is 0.250. The Morgan fingerprint density at radius 3 is 2.79 bits per heavy atom. The second-order valence-corrected chi connectivity index (χ2v) is 4.45. The molecule has 0 saturated carbocycles. The number of hydrogen-bond donors (Lipinski definition) is 1. The summed E-state index contributed by atoms with van der Waals surface area (Å²) in [5.74, 6) is 0.791. The van der Waals surface area contributed by atoms with Gasteiger partial charge in [0, 0.05) is 12.7 Å². The first-order valence-corrected chi connectivity index (χ1v) is 5.94. The fourth-order valence-corrected chi connectivity index (χ4v) is 1.75. The van der Waals surface area contributed by atoms with Gasteiger partial charge in [-0.3, -0.25) is 0 Å². The van der Waals surface area contributed by atoms with Crippen molar-refractivity contribution >= 4 is 23.3 Å². The number of aromatic nitrogens is 3. The van der Waals surface area contributed by atoms with Crippen LogP contribution in [-0.4, -0.2) is 20.7 Å². The van der Waals surface area contributed by atoms with Crippen LogP contribution in [0, 0.1) is 6.92 Å². The highest BCUT2D eigenvalue weighted by atomic mass is 35.5. The highest BCUT2D eigenvalue weighted by molar-refractivity contribution is 6.33. The van der Waals surface area contributed by atoms with Crippen LogP contribution >= 0.6 is 11.6 Å². The third kappa shape index (κ3) is 2.85. The Morgan fingerprint density at radius 2 is 2.21 bits per heavy atom. The Morgan fingerprint density at radius 1 is 1.47 bits per heavy atom. The van der Waals surface area contributed by atoms with Gasteiger partial charge in [-0.1, -0.05) is 11.6 Å². The summed E-state index contributed by atoms with van der Waals surface area (Å²) >= 11 is 5.93. The molecular formula is C12H13ClN4O2. The van der Waals surface area contributed by atoms with Gasteiger partial charge in [-0.05, 0) is 25.1 Å². The first-order valence-electron chi connectivity index (χ1n) is 5.56. The smallest absolute Gasteiger partial charge is 0.340 e. The normalized spacial score (nSPS) is 10.5. The number of halogens is 1. The third-order valence-electron chi connectivity index (χ3n) is 2.73. The van der Waals surface area contributed by atoms with Crippen LogP contribution in [0.2, 0.25) is 5.02 Å². The molecule has 0 amide bonds. The molecule has 0 unspecified atom stereocenters. The largest absolute Gasteiger partial charge is 0.454 e. The zero-order chi connectivity index (χ0) is 14.0. The molecule has 1 heterocycles. The first-order chi connectivity index (χ1) is 8.99. The van der Waals surface area contributed by atoms with Crippen molar-refractivity contribution in [1.82, 2.24) is 14.8 Å². The Balaban J connectivity index is 2.07. The van der Waals surface area contributed by atoms with Gasteiger partial charge in [0.2, 0.25) is 0 Å². The van der Waals surface area contributed by atoms with E-state index in [4.69, 9.17) is 22.1 Å². The third-order valence-corrected chi connectivity index (χ3v) is 3.04. The molecule has 0 aliphatic carbocycles. The van der Waals surface area contributed by atoms with Crippen molar-refractivity contribution in [3.05, 3.63) is 40.4 Å². The molecule has 0 fully saturated rings. The monoisotopic (exact) mass is 280 g/mol. The summed E-state index contributed by atoms with van der Waals surface area (Å²) in [5.41, 5.74) is 6.32. The first kappa shape index (κ1) is 13.4. The summed E-state index contributed by atoms with van der Waals surface area (Å²) < 4.78 is 6.89. The lowest BCUT2D eigenvalue weighted by molar-refractivity contribution is 0.0459. The maximum Gasteiger partial charge on any atom is 0.340 e. The molecule has 2 aromatic rings. The second kappa shape index (κ2) is 5.27. The van der Waals surface area contributed by atoms with E-state index < -0.39 is 5.97 Å². The van der Waals surface area contributed by atoms with Gasteiger partial charge in [-0.2, -0.15) is 0 Å². The number of hydrogen-bond acceptors (Lipinski definition) is 5. The molecule has 0 spiro atoms. The Labute approximate surface area is 115 Å². The Bertz CT molecular complexity index is 624. The standard InChI is InChI=1S/C12H13ClN4O2/c1-7-15-16-11(17(7)2)6-19-12(18)9-4-3-8(14)5-10(9)13/h3-5H,6,14H2,1-2H3. The molecule has 0 aliphatic rings. The van der Waals surface area contributed by atoms with Crippen LogP contribution in [0.3, 0.4) is 0 Å². The van der Waals surface area contributed by atoms with E-state index in [0.29, 0.717) is 11.5 Å². The van der Waals surface area contributed by atoms with Crippen LogP contribution in [0.5, 0.6) is 0 Å². The van der Waals surface area contributed by atoms with Gasteiger partial charge in [-0.25, -0.2) is 4.79 Å². The number of rotatable bonds is 3. The minimum atomic E-state index is -0.523. The average Bonchev–Trinajstić information content (AvgIpc) is 2.67. The Kier molecular flexibility index (Phi) is 3.71. The van der Waals surface area contributed by atoms with E-state index in [-0.39, 0.29) is 17.2 Å².